The van der Waals surface area contributed by atoms with Crippen LogP contribution in [0.3, 0.4) is 0 Å². The highest BCUT2D eigenvalue weighted by Crippen LogP contribution is 2.24. The van der Waals surface area contributed by atoms with Crippen molar-refractivity contribution in [1.29, 1.82) is 0 Å². The number of anilines is 1. The lowest BCUT2D eigenvalue weighted by Gasteiger charge is -2.28. The average Bonchev–Trinajstić information content (AvgIpc) is 2.84. The van der Waals surface area contributed by atoms with E-state index in [4.69, 9.17) is 9.47 Å². The molecule has 4 rings (SSSR count). The Morgan fingerprint density at radius 1 is 1.03 bits per heavy atom. The van der Waals surface area contributed by atoms with E-state index in [1.54, 1.807) is 0 Å². The monoisotopic (exact) mass is 432 g/mol. The Bertz CT molecular complexity index is 969. The van der Waals surface area contributed by atoms with Gasteiger partial charge in [-0.2, -0.15) is 4.98 Å². The number of aromatic nitrogens is 2. The molecule has 0 saturated carbocycles. The molecule has 0 bridgehead atoms. The van der Waals surface area contributed by atoms with E-state index in [0.717, 1.165) is 30.0 Å². The van der Waals surface area contributed by atoms with E-state index in [-0.39, 0.29) is 11.8 Å². The second-order valence-corrected chi connectivity index (χ2v) is 7.60. The first-order valence-electron chi connectivity index (χ1n) is 10.9. The van der Waals surface area contributed by atoms with E-state index in [1.165, 1.54) is 0 Å². The third kappa shape index (κ3) is 5.62. The molecule has 3 aromatic rings. The highest BCUT2D eigenvalue weighted by atomic mass is 16.5. The van der Waals surface area contributed by atoms with Crippen molar-refractivity contribution in [3.63, 3.8) is 0 Å². The molecule has 0 aliphatic carbocycles. The molecule has 2 aromatic carbocycles. The lowest BCUT2D eigenvalue weighted by molar-refractivity contribution is -0.121. The van der Waals surface area contributed by atoms with E-state index >= 15 is 0 Å². The molecule has 0 unspecified atom stereocenters. The lowest BCUT2D eigenvalue weighted by Crippen LogP contribution is -2.37. The van der Waals surface area contributed by atoms with Gasteiger partial charge in [0.15, 0.2) is 0 Å². The zero-order valence-corrected chi connectivity index (χ0v) is 18.2. The summed E-state index contributed by atoms with van der Waals surface area (Å²) in [5.74, 6) is 1.58. The quantitative estimate of drug-likeness (QED) is 0.552. The highest BCUT2D eigenvalue weighted by Gasteiger charge is 2.22. The molecule has 166 valence electrons. The van der Waals surface area contributed by atoms with E-state index in [9.17, 15) is 4.79 Å². The van der Waals surface area contributed by atoms with Crippen molar-refractivity contribution in [2.24, 2.45) is 0 Å². The summed E-state index contributed by atoms with van der Waals surface area (Å²) in [7, 11) is 0. The van der Waals surface area contributed by atoms with Crippen LogP contribution in [-0.2, 0) is 9.53 Å². The summed E-state index contributed by atoms with van der Waals surface area (Å²) in [5.41, 5.74) is 1.91. The fraction of sp³-hybridized carbons (Fsp3) is 0.320. The topological polar surface area (TPSA) is 76.6 Å². The number of nitrogens with zero attached hydrogens (tertiary/aromatic N) is 3. The molecular formula is C25H28N4O3. The first-order chi connectivity index (χ1) is 15.7. The maximum atomic E-state index is 13.1. The average molecular weight is 433 g/mol. The Labute approximate surface area is 188 Å². The maximum absolute atomic E-state index is 13.1. The minimum atomic E-state index is -0.369. The zero-order valence-electron chi connectivity index (χ0n) is 18.2. The maximum Gasteiger partial charge on any atom is 0.232 e. The van der Waals surface area contributed by atoms with Gasteiger partial charge < -0.3 is 19.7 Å². The Hall–Kier alpha value is -3.45. The molecule has 7 heteroatoms. The van der Waals surface area contributed by atoms with Crippen LogP contribution in [0.15, 0.2) is 66.7 Å². The minimum absolute atomic E-state index is 0.0566. The second kappa shape index (κ2) is 10.7. The third-order valence-electron chi connectivity index (χ3n) is 5.32. The van der Waals surface area contributed by atoms with Gasteiger partial charge in [-0.25, -0.2) is 4.98 Å². The van der Waals surface area contributed by atoms with Crippen LogP contribution < -0.4 is 15.0 Å². The smallest absolute Gasteiger partial charge is 0.232 e. The van der Waals surface area contributed by atoms with Crippen molar-refractivity contribution in [3.8, 4) is 5.88 Å². The number of benzene rings is 2. The summed E-state index contributed by atoms with van der Waals surface area (Å²) in [6.45, 7) is 5.53. The third-order valence-corrected chi connectivity index (χ3v) is 5.32. The summed E-state index contributed by atoms with van der Waals surface area (Å²) in [6, 6.07) is 21.5. The van der Waals surface area contributed by atoms with Crippen LogP contribution in [-0.4, -0.2) is 55.3 Å². The fourth-order valence-electron chi connectivity index (χ4n) is 3.77. The highest BCUT2D eigenvalue weighted by molar-refractivity contribution is 5.87. The van der Waals surface area contributed by atoms with Crippen LogP contribution in [0.2, 0.25) is 0 Å². The number of hydrogen-bond donors (Lipinski definition) is 1. The Morgan fingerprint density at radius 3 is 2.28 bits per heavy atom. The Morgan fingerprint density at radius 2 is 1.66 bits per heavy atom. The molecule has 1 amide bonds. The van der Waals surface area contributed by atoms with Gasteiger partial charge in [-0.3, -0.25) is 4.79 Å². The van der Waals surface area contributed by atoms with Crippen molar-refractivity contribution in [2.45, 2.75) is 12.8 Å². The van der Waals surface area contributed by atoms with Crippen molar-refractivity contribution in [2.75, 3.05) is 44.4 Å². The van der Waals surface area contributed by atoms with Gasteiger partial charge in [0, 0.05) is 19.2 Å². The standard InChI is InChI=1S/C25H28N4O3/c1-19-27-22(29-13-16-31-17-14-29)18-23(28-19)32-15-12-26-25(30)24(20-8-4-2-5-9-20)21-10-6-3-7-11-21/h2-11,18,24H,12-17H2,1H3,(H,26,30). The molecule has 0 radical (unpaired) electrons. The van der Waals surface area contributed by atoms with Gasteiger partial charge >= 0.3 is 0 Å². The van der Waals surface area contributed by atoms with Gasteiger partial charge in [-0.15, -0.1) is 0 Å². The molecule has 1 aliphatic heterocycles. The van der Waals surface area contributed by atoms with Crippen molar-refractivity contribution >= 4 is 11.7 Å². The van der Waals surface area contributed by atoms with Crippen LogP contribution >= 0.6 is 0 Å². The largest absolute Gasteiger partial charge is 0.476 e. The summed E-state index contributed by atoms with van der Waals surface area (Å²) < 4.78 is 11.2. The normalized spacial score (nSPS) is 13.8. The molecule has 32 heavy (non-hydrogen) atoms. The Balaban J connectivity index is 1.36. The molecule has 1 saturated heterocycles. The summed E-state index contributed by atoms with van der Waals surface area (Å²) in [6.07, 6.45) is 0. The number of rotatable bonds is 8. The van der Waals surface area contributed by atoms with Gasteiger partial charge in [-0.1, -0.05) is 60.7 Å². The SMILES string of the molecule is Cc1nc(OCCNC(=O)C(c2ccccc2)c2ccccc2)cc(N2CCOCC2)n1. The predicted octanol–water partition coefficient (Wildman–Crippen LogP) is 2.95. The number of ether oxygens (including phenoxy) is 2. The van der Waals surface area contributed by atoms with Gasteiger partial charge in [0.1, 0.15) is 18.2 Å². The van der Waals surface area contributed by atoms with Crippen molar-refractivity contribution in [3.05, 3.63) is 83.7 Å². The first-order valence-corrected chi connectivity index (χ1v) is 10.9. The minimum Gasteiger partial charge on any atom is -0.476 e. The molecule has 1 aliphatic rings. The van der Waals surface area contributed by atoms with Crippen LogP contribution in [0.4, 0.5) is 5.82 Å². The zero-order chi connectivity index (χ0) is 22.2. The number of amides is 1. The van der Waals surface area contributed by atoms with Crippen LogP contribution in [0.5, 0.6) is 5.88 Å². The van der Waals surface area contributed by atoms with Crippen LogP contribution in [0.25, 0.3) is 0 Å². The molecule has 0 atom stereocenters. The van der Waals surface area contributed by atoms with E-state index in [0.29, 0.717) is 38.1 Å². The van der Waals surface area contributed by atoms with Gasteiger partial charge in [0.25, 0.3) is 0 Å². The summed E-state index contributed by atoms with van der Waals surface area (Å²) in [4.78, 5) is 24.1. The fourth-order valence-corrected chi connectivity index (χ4v) is 3.77. The van der Waals surface area contributed by atoms with Crippen LogP contribution in [0.1, 0.15) is 22.9 Å². The first kappa shape index (κ1) is 21.8. The molecule has 1 aromatic heterocycles. The van der Waals surface area contributed by atoms with Gasteiger partial charge in [-0.05, 0) is 18.1 Å². The summed E-state index contributed by atoms with van der Waals surface area (Å²) >= 11 is 0. The number of aryl methyl sites for hydroxylation is 1. The molecular weight excluding hydrogens is 404 g/mol. The predicted molar refractivity (Wildman–Crippen MR) is 123 cm³/mol. The van der Waals surface area contributed by atoms with Gasteiger partial charge in [0.05, 0.1) is 25.7 Å². The Kier molecular flexibility index (Phi) is 7.30. The van der Waals surface area contributed by atoms with E-state index in [2.05, 4.69) is 20.2 Å². The number of morpholine rings is 1. The molecule has 0 spiro atoms. The summed E-state index contributed by atoms with van der Waals surface area (Å²) in [5, 5.41) is 3.01. The number of hydrogen-bond acceptors (Lipinski definition) is 6. The number of nitrogens with one attached hydrogen (secondary N) is 1. The number of carbonyl (C=O) groups is 1. The molecule has 7 nitrogen and oxygen atoms in total. The van der Waals surface area contributed by atoms with Crippen molar-refractivity contribution in [1.82, 2.24) is 15.3 Å². The van der Waals surface area contributed by atoms with Crippen LogP contribution in [0, 0.1) is 6.92 Å². The van der Waals surface area contributed by atoms with Gasteiger partial charge in [0.2, 0.25) is 11.8 Å². The van der Waals surface area contributed by atoms with Crippen molar-refractivity contribution < 1.29 is 14.3 Å². The molecule has 1 N–H and O–H groups in total. The number of carbonyl (C=O) groups excluding carboxylic acids is 1. The van der Waals surface area contributed by atoms with E-state index in [1.807, 2.05) is 73.7 Å². The second-order valence-electron chi connectivity index (χ2n) is 7.60. The van der Waals surface area contributed by atoms with E-state index < -0.39 is 0 Å². The lowest BCUT2D eigenvalue weighted by atomic mass is 9.90. The molecule has 1 fully saturated rings. The molecule has 2 heterocycles.